The van der Waals surface area contributed by atoms with Gasteiger partial charge in [0, 0.05) is 28.1 Å². The average molecular weight is 281 g/mol. The molecule has 0 aromatic carbocycles. The van der Waals surface area contributed by atoms with E-state index in [9.17, 15) is 0 Å². The summed E-state index contributed by atoms with van der Waals surface area (Å²) in [5.74, 6) is 0.869. The molecule has 1 aliphatic heterocycles. The molecule has 1 N–H and O–H groups in total. The van der Waals surface area contributed by atoms with E-state index in [1.165, 1.54) is 12.8 Å². The maximum absolute atomic E-state index is 5.89. The maximum atomic E-state index is 5.89. The number of aromatic nitrogens is 5. The van der Waals surface area contributed by atoms with E-state index in [0.717, 1.165) is 47.0 Å². The number of aromatic amines is 1. The first kappa shape index (κ1) is 11.3. The Balaban J connectivity index is 1.67. The van der Waals surface area contributed by atoms with E-state index in [2.05, 4.69) is 21.2 Å². The zero-order chi connectivity index (χ0) is 14.0. The van der Waals surface area contributed by atoms with Gasteiger partial charge in [-0.1, -0.05) is 0 Å². The number of H-pyrrole nitrogens is 1. The fraction of sp³-hybridized carbons (Fsp3) is 0.400. The van der Waals surface area contributed by atoms with Crippen LogP contribution < -0.4 is 4.74 Å². The highest BCUT2D eigenvalue weighted by Gasteiger charge is 2.47. The van der Waals surface area contributed by atoms with Crippen LogP contribution in [0.15, 0.2) is 18.3 Å². The second-order valence-electron chi connectivity index (χ2n) is 6.26. The van der Waals surface area contributed by atoms with Gasteiger partial charge in [-0.25, -0.2) is 9.67 Å². The fourth-order valence-corrected chi connectivity index (χ4v) is 3.10. The zero-order valence-electron chi connectivity index (χ0n) is 11.8. The number of aryl methyl sites for hydroxylation is 1. The molecule has 21 heavy (non-hydrogen) atoms. The van der Waals surface area contributed by atoms with E-state index in [1.54, 1.807) is 6.20 Å². The van der Waals surface area contributed by atoms with Crippen molar-refractivity contribution in [2.24, 2.45) is 5.41 Å². The molecule has 0 bridgehead atoms. The van der Waals surface area contributed by atoms with Crippen LogP contribution in [0.3, 0.4) is 0 Å². The third-order valence-corrected chi connectivity index (χ3v) is 4.54. The van der Waals surface area contributed by atoms with Crippen LogP contribution >= 0.6 is 0 Å². The summed E-state index contributed by atoms with van der Waals surface area (Å²) in [5.41, 5.74) is 4.10. The van der Waals surface area contributed by atoms with Gasteiger partial charge in [0.05, 0.1) is 25.0 Å². The van der Waals surface area contributed by atoms with Crippen LogP contribution in [0.25, 0.3) is 22.3 Å². The number of nitrogens with one attached hydrogen (secondary N) is 1. The monoisotopic (exact) mass is 281 g/mol. The first-order valence-corrected chi connectivity index (χ1v) is 7.24. The SMILES string of the molecule is Cc1cc(-c2cc3n(n2)CC2(CC2)CO3)c2cn[nH]c2n1. The molecule has 0 atom stereocenters. The number of pyridine rings is 1. The van der Waals surface area contributed by atoms with E-state index < -0.39 is 0 Å². The van der Waals surface area contributed by atoms with Crippen LogP contribution in [0.1, 0.15) is 18.5 Å². The first-order valence-electron chi connectivity index (χ1n) is 7.24. The molecule has 106 valence electrons. The van der Waals surface area contributed by atoms with Gasteiger partial charge in [-0.15, -0.1) is 0 Å². The Morgan fingerprint density at radius 1 is 1.33 bits per heavy atom. The number of rotatable bonds is 1. The molecule has 0 amide bonds. The Morgan fingerprint density at radius 3 is 3.10 bits per heavy atom. The van der Waals surface area contributed by atoms with Crippen molar-refractivity contribution in [2.45, 2.75) is 26.3 Å². The molecule has 4 heterocycles. The van der Waals surface area contributed by atoms with Gasteiger partial charge in [0.15, 0.2) is 5.65 Å². The van der Waals surface area contributed by atoms with Crippen LogP contribution in [0.4, 0.5) is 0 Å². The Labute approximate surface area is 121 Å². The Kier molecular flexibility index (Phi) is 1.96. The topological polar surface area (TPSA) is 68.6 Å². The van der Waals surface area contributed by atoms with Crippen molar-refractivity contribution in [1.82, 2.24) is 25.0 Å². The molecule has 2 aliphatic rings. The van der Waals surface area contributed by atoms with Crippen LogP contribution in [0.5, 0.6) is 5.88 Å². The number of ether oxygens (including phenoxy) is 1. The third-order valence-electron chi connectivity index (χ3n) is 4.54. The lowest BCUT2D eigenvalue weighted by molar-refractivity contribution is 0.149. The normalized spacial score (nSPS) is 18.7. The molecule has 3 aromatic heterocycles. The van der Waals surface area contributed by atoms with Crippen molar-refractivity contribution in [2.75, 3.05) is 6.61 Å². The van der Waals surface area contributed by atoms with Gasteiger partial charge in [0.1, 0.15) is 0 Å². The minimum atomic E-state index is 0.357. The second-order valence-corrected chi connectivity index (χ2v) is 6.26. The van der Waals surface area contributed by atoms with Crippen molar-refractivity contribution < 1.29 is 4.74 Å². The molecule has 6 nitrogen and oxygen atoms in total. The van der Waals surface area contributed by atoms with E-state index in [-0.39, 0.29) is 0 Å². The predicted molar refractivity (Wildman–Crippen MR) is 77.0 cm³/mol. The minimum Gasteiger partial charge on any atom is -0.477 e. The van der Waals surface area contributed by atoms with Crippen LogP contribution in [-0.4, -0.2) is 31.6 Å². The molecule has 1 spiro atoms. The van der Waals surface area contributed by atoms with Crippen molar-refractivity contribution in [3.05, 3.63) is 24.0 Å². The summed E-state index contributed by atoms with van der Waals surface area (Å²) in [6, 6.07) is 4.08. The molecule has 6 heteroatoms. The minimum absolute atomic E-state index is 0.357. The predicted octanol–water partition coefficient (Wildman–Crippen LogP) is 2.30. The standard InChI is InChI=1S/C15H15N5O/c1-9-4-10(11-6-16-18-14(11)17-9)12-5-13-20(19-12)7-15(2-3-15)8-21-13/h4-6H,2-3,7-8H2,1H3,(H,16,17,18). The molecular weight excluding hydrogens is 266 g/mol. The van der Waals surface area contributed by atoms with Crippen molar-refractivity contribution >= 4 is 11.0 Å². The van der Waals surface area contributed by atoms with Crippen molar-refractivity contribution in [1.29, 1.82) is 0 Å². The molecule has 0 unspecified atom stereocenters. The number of fused-ring (bicyclic) bond motifs is 2. The summed E-state index contributed by atoms with van der Waals surface area (Å²) in [6.45, 7) is 3.78. The highest BCUT2D eigenvalue weighted by molar-refractivity contribution is 5.91. The van der Waals surface area contributed by atoms with Gasteiger partial charge in [0.25, 0.3) is 0 Å². The maximum Gasteiger partial charge on any atom is 0.212 e. The molecule has 1 fully saturated rings. The molecule has 1 saturated carbocycles. The number of hydrogen-bond acceptors (Lipinski definition) is 4. The van der Waals surface area contributed by atoms with Crippen LogP contribution in [0.2, 0.25) is 0 Å². The molecule has 0 radical (unpaired) electrons. The zero-order valence-corrected chi connectivity index (χ0v) is 11.8. The fourth-order valence-electron chi connectivity index (χ4n) is 3.10. The van der Waals surface area contributed by atoms with E-state index in [4.69, 9.17) is 9.84 Å². The lowest BCUT2D eigenvalue weighted by Crippen LogP contribution is -2.26. The Morgan fingerprint density at radius 2 is 2.24 bits per heavy atom. The smallest absolute Gasteiger partial charge is 0.212 e. The molecule has 0 saturated heterocycles. The quantitative estimate of drug-likeness (QED) is 0.743. The van der Waals surface area contributed by atoms with Gasteiger partial charge in [-0.2, -0.15) is 10.2 Å². The number of hydrogen-bond donors (Lipinski definition) is 1. The third kappa shape index (κ3) is 1.62. The van der Waals surface area contributed by atoms with Crippen LogP contribution in [0, 0.1) is 12.3 Å². The van der Waals surface area contributed by atoms with Crippen molar-refractivity contribution in [3.63, 3.8) is 0 Å². The Bertz CT molecular complexity index is 858. The van der Waals surface area contributed by atoms with Gasteiger partial charge in [-0.05, 0) is 25.8 Å². The highest BCUT2D eigenvalue weighted by Crippen LogP contribution is 2.50. The summed E-state index contributed by atoms with van der Waals surface area (Å²) in [4.78, 5) is 4.45. The lowest BCUT2D eigenvalue weighted by atomic mass is 10.1. The summed E-state index contributed by atoms with van der Waals surface area (Å²) in [5, 5.41) is 12.8. The van der Waals surface area contributed by atoms with E-state index in [0.29, 0.717) is 5.41 Å². The summed E-state index contributed by atoms with van der Waals surface area (Å²) in [7, 11) is 0. The van der Waals surface area contributed by atoms with Gasteiger partial charge >= 0.3 is 0 Å². The largest absolute Gasteiger partial charge is 0.477 e. The van der Waals surface area contributed by atoms with E-state index in [1.807, 2.05) is 17.7 Å². The van der Waals surface area contributed by atoms with Gasteiger partial charge in [-0.3, -0.25) is 5.10 Å². The summed E-state index contributed by atoms with van der Waals surface area (Å²) >= 11 is 0. The molecule has 3 aromatic rings. The average Bonchev–Trinajstić information content (AvgIpc) is 2.88. The first-order chi connectivity index (χ1) is 10.2. The van der Waals surface area contributed by atoms with Crippen molar-refractivity contribution in [3.8, 4) is 17.1 Å². The molecule has 5 rings (SSSR count). The summed E-state index contributed by atoms with van der Waals surface area (Å²) < 4.78 is 7.90. The molecule has 1 aliphatic carbocycles. The second kappa shape index (κ2) is 3.63. The molecular formula is C15H15N5O. The highest BCUT2D eigenvalue weighted by atomic mass is 16.5. The van der Waals surface area contributed by atoms with E-state index >= 15 is 0 Å². The Hall–Kier alpha value is -2.37. The lowest BCUT2D eigenvalue weighted by Gasteiger charge is -2.22. The van der Waals surface area contributed by atoms with Crippen LogP contribution in [-0.2, 0) is 6.54 Å². The van der Waals surface area contributed by atoms with Gasteiger partial charge < -0.3 is 4.74 Å². The summed E-state index contributed by atoms with van der Waals surface area (Å²) in [6.07, 6.45) is 4.31. The van der Waals surface area contributed by atoms with Gasteiger partial charge in [0.2, 0.25) is 5.88 Å². The number of nitrogens with zero attached hydrogens (tertiary/aromatic N) is 4.